The van der Waals surface area contributed by atoms with Crippen LogP contribution in [-0.4, -0.2) is 52.1 Å². The third kappa shape index (κ3) is 5.62. The molecule has 9 heteroatoms. The first kappa shape index (κ1) is 26.7. The van der Waals surface area contributed by atoms with Crippen LogP contribution in [0.15, 0.2) is 30.4 Å². The van der Waals surface area contributed by atoms with Crippen LogP contribution < -0.4 is 5.32 Å². The molecule has 36 heavy (non-hydrogen) atoms. The van der Waals surface area contributed by atoms with E-state index in [1.54, 1.807) is 18.2 Å². The summed E-state index contributed by atoms with van der Waals surface area (Å²) in [6.45, 7) is 1.92. The molecule has 0 aromatic heterocycles. The highest BCUT2D eigenvalue weighted by molar-refractivity contribution is 6.36. The summed E-state index contributed by atoms with van der Waals surface area (Å²) >= 11 is 12.8. The average Bonchev–Trinajstić information content (AvgIpc) is 3.46. The van der Waals surface area contributed by atoms with E-state index in [1.165, 1.54) is 9.80 Å². The predicted octanol–water partition coefficient (Wildman–Crippen LogP) is 4.50. The van der Waals surface area contributed by atoms with Crippen LogP contribution in [-0.2, 0) is 25.7 Å². The second-order valence-corrected chi connectivity index (χ2v) is 10.7. The highest BCUT2D eigenvalue weighted by Gasteiger charge is 2.47. The predicted molar refractivity (Wildman–Crippen MR) is 138 cm³/mol. The summed E-state index contributed by atoms with van der Waals surface area (Å²) < 4.78 is 0. The van der Waals surface area contributed by atoms with Gasteiger partial charge in [-0.05, 0) is 44.2 Å². The Labute approximate surface area is 222 Å². The zero-order valence-corrected chi connectivity index (χ0v) is 22.1. The van der Waals surface area contributed by atoms with Crippen LogP contribution in [0.3, 0.4) is 0 Å². The average molecular weight is 534 g/mol. The molecule has 7 nitrogen and oxygen atoms in total. The third-order valence-electron chi connectivity index (χ3n) is 7.63. The largest absolute Gasteiger partial charge is 0.352 e. The van der Waals surface area contributed by atoms with Gasteiger partial charge in [-0.15, -0.1) is 0 Å². The molecule has 1 unspecified atom stereocenters. The van der Waals surface area contributed by atoms with Gasteiger partial charge in [-0.1, -0.05) is 61.2 Å². The molecular weight excluding hydrogens is 501 g/mol. The van der Waals surface area contributed by atoms with E-state index in [1.807, 2.05) is 19.1 Å². The second kappa shape index (κ2) is 11.8. The molecule has 194 valence electrons. The lowest BCUT2D eigenvalue weighted by Crippen LogP contribution is -2.51. The molecule has 4 rings (SSSR count). The summed E-state index contributed by atoms with van der Waals surface area (Å²) in [4.78, 5) is 55.3. The molecule has 4 amide bonds. The number of amides is 4. The van der Waals surface area contributed by atoms with Gasteiger partial charge < -0.3 is 10.2 Å². The molecule has 1 aromatic rings. The maximum atomic E-state index is 13.6. The minimum Gasteiger partial charge on any atom is -0.352 e. The summed E-state index contributed by atoms with van der Waals surface area (Å²) in [5.74, 6) is -1.63. The monoisotopic (exact) mass is 533 g/mol. The topological polar surface area (TPSA) is 86.8 Å². The molecule has 0 bridgehead atoms. The lowest BCUT2D eigenvalue weighted by Gasteiger charge is -2.32. The smallest absolute Gasteiger partial charge is 0.243 e. The molecule has 2 aliphatic carbocycles. The molecule has 1 aliphatic heterocycles. The zero-order chi connectivity index (χ0) is 25.8. The number of nitrogens with zero attached hydrogens (tertiary/aromatic N) is 2. The molecule has 0 radical (unpaired) electrons. The molecule has 1 saturated carbocycles. The van der Waals surface area contributed by atoms with Crippen molar-refractivity contribution < 1.29 is 19.2 Å². The van der Waals surface area contributed by atoms with Gasteiger partial charge in [0, 0.05) is 41.2 Å². The molecule has 0 spiro atoms. The zero-order valence-electron chi connectivity index (χ0n) is 20.6. The fourth-order valence-electron chi connectivity index (χ4n) is 5.58. The van der Waals surface area contributed by atoms with Gasteiger partial charge >= 0.3 is 0 Å². The van der Waals surface area contributed by atoms with Crippen LogP contribution >= 0.6 is 23.2 Å². The third-order valence-corrected chi connectivity index (χ3v) is 8.33. The Balaban J connectivity index is 1.52. The van der Waals surface area contributed by atoms with Crippen LogP contribution in [0, 0.1) is 11.8 Å². The van der Waals surface area contributed by atoms with E-state index in [4.69, 9.17) is 23.2 Å². The van der Waals surface area contributed by atoms with Crippen molar-refractivity contribution in [3.63, 3.8) is 0 Å². The van der Waals surface area contributed by atoms with E-state index < -0.39 is 6.04 Å². The maximum absolute atomic E-state index is 13.6. The summed E-state index contributed by atoms with van der Waals surface area (Å²) in [7, 11) is 0. The number of halogens is 2. The summed E-state index contributed by atoms with van der Waals surface area (Å²) in [5.41, 5.74) is 0.562. The van der Waals surface area contributed by atoms with Gasteiger partial charge in [0.25, 0.3) is 0 Å². The first-order chi connectivity index (χ1) is 17.3. The number of fused-ring (bicyclic) bond motifs is 1. The van der Waals surface area contributed by atoms with Gasteiger partial charge in [-0.3, -0.25) is 24.1 Å². The van der Waals surface area contributed by atoms with Crippen molar-refractivity contribution in [2.24, 2.45) is 11.8 Å². The fraction of sp³-hybridized carbons (Fsp3) is 0.556. The number of nitrogens with one attached hydrogen (secondary N) is 1. The maximum Gasteiger partial charge on any atom is 0.243 e. The van der Waals surface area contributed by atoms with E-state index in [0.29, 0.717) is 34.9 Å². The molecule has 3 aliphatic rings. The van der Waals surface area contributed by atoms with Crippen LogP contribution in [0.25, 0.3) is 0 Å². The lowest BCUT2D eigenvalue weighted by atomic mass is 9.85. The Morgan fingerprint density at radius 1 is 1.06 bits per heavy atom. The van der Waals surface area contributed by atoms with Crippen molar-refractivity contribution in [1.82, 2.24) is 15.1 Å². The van der Waals surface area contributed by atoms with Crippen molar-refractivity contribution in [1.29, 1.82) is 0 Å². The van der Waals surface area contributed by atoms with Gasteiger partial charge in [0.2, 0.25) is 23.6 Å². The Bertz CT molecular complexity index is 1010. The van der Waals surface area contributed by atoms with Crippen molar-refractivity contribution in [3.05, 3.63) is 46.0 Å². The molecular formula is C27H33Cl2N3O4. The molecule has 1 aromatic carbocycles. The Hall–Kier alpha value is -2.38. The van der Waals surface area contributed by atoms with Gasteiger partial charge in [0.05, 0.1) is 11.8 Å². The highest BCUT2D eigenvalue weighted by atomic mass is 35.5. The van der Waals surface area contributed by atoms with E-state index in [9.17, 15) is 19.2 Å². The van der Waals surface area contributed by atoms with Gasteiger partial charge in [0.15, 0.2) is 0 Å². The Morgan fingerprint density at radius 2 is 1.64 bits per heavy atom. The van der Waals surface area contributed by atoms with Gasteiger partial charge in [0.1, 0.15) is 6.04 Å². The molecule has 1 saturated heterocycles. The van der Waals surface area contributed by atoms with E-state index in [0.717, 1.165) is 25.7 Å². The van der Waals surface area contributed by atoms with E-state index >= 15 is 0 Å². The Morgan fingerprint density at radius 3 is 2.19 bits per heavy atom. The van der Waals surface area contributed by atoms with Crippen LogP contribution in [0.5, 0.6) is 0 Å². The molecule has 1 heterocycles. The van der Waals surface area contributed by atoms with E-state index in [2.05, 4.69) is 5.32 Å². The number of likely N-dealkylation sites (tertiary alicyclic amines) is 1. The molecule has 3 atom stereocenters. The fourth-order valence-corrected chi connectivity index (χ4v) is 6.10. The van der Waals surface area contributed by atoms with Crippen molar-refractivity contribution in [2.75, 3.05) is 6.54 Å². The number of rotatable bonds is 9. The van der Waals surface area contributed by atoms with Crippen LogP contribution in [0.4, 0.5) is 0 Å². The van der Waals surface area contributed by atoms with Gasteiger partial charge in [-0.25, -0.2) is 0 Å². The quantitative estimate of drug-likeness (QED) is 0.374. The lowest BCUT2D eigenvalue weighted by molar-refractivity contribution is -0.144. The SMILES string of the molecule is CCC(C(=O)NC1CCCC1)N(Cc1c(Cl)cccc1Cl)C(=O)CCN1C(=O)[C@H]2CC=CC[C@H]2C1=O. The summed E-state index contributed by atoms with van der Waals surface area (Å²) in [6, 6.07) is 4.51. The second-order valence-electron chi connectivity index (χ2n) is 9.87. The highest BCUT2D eigenvalue weighted by Crippen LogP contribution is 2.35. The minimum atomic E-state index is -0.720. The standard InChI is InChI=1S/C27H33Cl2N3O4/c1-2-23(25(34)30-17-8-3-4-9-17)32(16-20-21(28)12-7-13-22(20)29)24(33)14-15-31-26(35)18-10-5-6-11-19(18)27(31)36/h5-7,12-13,17-19,23H,2-4,8-11,14-16H2,1H3,(H,30,34)/t18-,19+,23?. The first-order valence-corrected chi connectivity index (χ1v) is 13.6. The number of allylic oxidation sites excluding steroid dienone is 2. The number of hydrogen-bond donors (Lipinski definition) is 1. The van der Waals surface area contributed by atoms with Crippen molar-refractivity contribution >= 4 is 46.8 Å². The number of carbonyl (C=O) groups is 4. The first-order valence-electron chi connectivity index (χ1n) is 12.8. The summed E-state index contributed by atoms with van der Waals surface area (Å²) in [6.07, 6.45) is 9.33. The van der Waals surface area contributed by atoms with E-state index in [-0.39, 0.29) is 61.0 Å². The number of hydrogen-bond acceptors (Lipinski definition) is 4. The minimum absolute atomic E-state index is 0.00304. The number of imide groups is 1. The van der Waals surface area contributed by atoms with Crippen LogP contribution in [0.1, 0.15) is 63.9 Å². The van der Waals surface area contributed by atoms with Gasteiger partial charge in [-0.2, -0.15) is 0 Å². The molecule has 2 fully saturated rings. The summed E-state index contributed by atoms with van der Waals surface area (Å²) in [5, 5.41) is 3.92. The molecule has 1 N–H and O–H groups in total. The Kier molecular flexibility index (Phi) is 8.73. The number of carbonyl (C=O) groups excluding carboxylic acids is 4. The number of benzene rings is 1. The van der Waals surface area contributed by atoms with Crippen molar-refractivity contribution in [2.45, 2.75) is 76.9 Å². The van der Waals surface area contributed by atoms with Crippen LogP contribution in [0.2, 0.25) is 10.0 Å². The van der Waals surface area contributed by atoms with Crippen molar-refractivity contribution in [3.8, 4) is 0 Å². The normalized spacial score (nSPS) is 22.6.